The number of hydrogen-bond acceptors (Lipinski definition) is 7. The molecule has 2 aromatic carbocycles. The molecule has 1 heterocycles. The number of halogens is 1. The molecule has 166 valence electrons. The summed E-state index contributed by atoms with van der Waals surface area (Å²) < 4.78 is 10.9. The van der Waals surface area contributed by atoms with Crippen LogP contribution in [0.2, 0.25) is 5.02 Å². The number of esters is 1. The van der Waals surface area contributed by atoms with Crippen molar-refractivity contribution < 1.29 is 23.7 Å². The Morgan fingerprint density at radius 3 is 2.59 bits per heavy atom. The van der Waals surface area contributed by atoms with Crippen LogP contribution in [0.15, 0.2) is 59.1 Å². The van der Waals surface area contributed by atoms with Gasteiger partial charge in [0.2, 0.25) is 5.89 Å². The number of nitro groups is 1. The predicted molar refractivity (Wildman–Crippen MR) is 116 cm³/mol. The van der Waals surface area contributed by atoms with E-state index >= 15 is 0 Å². The van der Waals surface area contributed by atoms with E-state index in [0.29, 0.717) is 5.76 Å². The van der Waals surface area contributed by atoms with E-state index in [-0.39, 0.29) is 29.0 Å². The van der Waals surface area contributed by atoms with Crippen LogP contribution in [0.4, 0.5) is 5.69 Å². The predicted octanol–water partition coefficient (Wildman–Crippen LogP) is 4.40. The van der Waals surface area contributed by atoms with E-state index in [1.54, 1.807) is 13.8 Å². The molecule has 0 aliphatic carbocycles. The standard InChI is InChI=1S/C22H20ClN3O6/c1-13(2)20(25-21(27)15-8-9-16(23)17(10-15)26(29)30)22(28)31-12-19-24-11-18(32-19)14-6-4-3-5-7-14/h3-11,13,20H,12H2,1-2H3,(H,25,27). The van der Waals surface area contributed by atoms with Crippen molar-refractivity contribution in [1.82, 2.24) is 10.3 Å². The largest absolute Gasteiger partial charge is 0.454 e. The Bertz CT molecular complexity index is 1130. The van der Waals surface area contributed by atoms with Crippen LogP contribution in [-0.4, -0.2) is 27.8 Å². The first-order valence-electron chi connectivity index (χ1n) is 9.68. The Labute approximate surface area is 188 Å². The number of oxazole rings is 1. The Kier molecular flexibility index (Phi) is 7.21. The first-order chi connectivity index (χ1) is 15.3. The minimum atomic E-state index is -0.985. The number of aromatic nitrogens is 1. The lowest BCUT2D eigenvalue weighted by atomic mass is 10.0. The van der Waals surface area contributed by atoms with Crippen molar-refractivity contribution >= 4 is 29.2 Å². The van der Waals surface area contributed by atoms with Gasteiger partial charge in [-0.05, 0) is 18.1 Å². The lowest BCUT2D eigenvalue weighted by Gasteiger charge is -2.20. The molecule has 32 heavy (non-hydrogen) atoms. The molecule has 1 N–H and O–H groups in total. The van der Waals surface area contributed by atoms with Crippen molar-refractivity contribution in [2.45, 2.75) is 26.5 Å². The van der Waals surface area contributed by atoms with Gasteiger partial charge in [-0.1, -0.05) is 55.8 Å². The second-order valence-corrected chi connectivity index (χ2v) is 7.62. The molecule has 0 saturated carbocycles. The third kappa shape index (κ3) is 5.50. The molecular formula is C22H20ClN3O6. The molecule has 0 bridgehead atoms. The van der Waals surface area contributed by atoms with Crippen LogP contribution in [0.1, 0.15) is 30.1 Å². The topological polar surface area (TPSA) is 125 Å². The second kappa shape index (κ2) is 10.1. The van der Waals surface area contributed by atoms with Gasteiger partial charge in [-0.3, -0.25) is 14.9 Å². The van der Waals surface area contributed by atoms with E-state index in [2.05, 4.69) is 10.3 Å². The summed E-state index contributed by atoms with van der Waals surface area (Å²) in [5.74, 6) is -0.911. The Balaban J connectivity index is 1.65. The second-order valence-electron chi connectivity index (χ2n) is 7.21. The van der Waals surface area contributed by atoms with Gasteiger partial charge >= 0.3 is 5.97 Å². The monoisotopic (exact) mass is 457 g/mol. The first-order valence-corrected chi connectivity index (χ1v) is 10.1. The molecule has 3 rings (SSSR count). The zero-order valence-corrected chi connectivity index (χ0v) is 18.0. The molecule has 0 fully saturated rings. The number of carbonyl (C=O) groups excluding carboxylic acids is 2. The SMILES string of the molecule is CC(C)C(NC(=O)c1ccc(Cl)c([N+](=O)[O-])c1)C(=O)OCc1ncc(-c2ccccc2)o1. The summed E-state index contributed by atoms with van der Waals surface area (Å²) in [6, 6.07) is 12.0. The quantitative estimate of drug-likeness (QED) is 0.302. The van der Waals surface area contributed by atoms with Crippen molar-refractivity contribution in [2.75, 3.05) is 0 Å². The zero-order chi connectivity index (χ0) is 23.3. The summed E-state index contributed by atoms with van der Waals surface area (Å²) >= 11 is 5.78. The normalized spacial score (nSPS) is 11.8. The molecule has 0 aliphatic rings. The minimum absolute atomic E-state index is 0.000228. The molecule has 0 aliphatic heterocycles. The van der Waals surface area contributed by atoms with Gasteiger partial charge in [0, 0.05) is 17.2 Å². The fourth-order valence-corrected chi connectivity index (χ4v) is 3.04. The molecule has 0 radical (unpaired) electrons. The third-order valence-electron chi connectivity index (χ3n) is 4.56. The number of benzene rings is 2. The van der Waals surface area contributed by atoms with Crippen LogP contribution in [0, 0.1) is 16.0 Å². The van der Waals surface area contributed by atoms with Crippen LogP contribution in [0.25, 0.3) is 11.3 Å². The van der Waals surface area contributed by atoms with Crippen molar-refractivity contribution in [3.63, 3.8) is 0 Å². The van der Waals surface area contributed by atoms with Gasteiger partial charge < -0.3 is 14.5 Å². The highest BCUT2D eigenvalue weighted by molar-refractivity contribution is 6.32. The third-order valence-corrected chi connectivity index (χ3v) is 4.88. The van der Waals surface area contributed by atoms with Crippen LogP contribution >= 0.6 is 11.6 Å². The Hall–Kier alpha value is -3.72. The Morgan fingerprint density at radius 1 is 1.22 bits per heavy atom. The number of ether oxygens (including phenoxy) is 1. The van der Waals surface area contributed by atoms with Gasteiger partial charge in [-0.2, -0.15) is 0 Å². The lowest BCUT2D eigenvalue weighted by Crippen LogP contribution is -2.45. The smallest absolute Gasteiger partial charge is 0.329 e. The molecule has 0 spiro atoms. The van der Waals surface area contributed by atoms with Gasteiger partial charge in [0.1, 0.15) is 11.1 Å². The van der Waals surface area contributed by atoms with Gasteiger partial charge in [0.05, 0.1) is 11.1 Å². The van der Waals surface area contributed by atoms with Crippen LogP contribution in [0.5, 0.6) is 0 Å². The Morgan fingerprint density at radius 2 is 1.94 bits per heavy atom. The molecular weight excluding hydrogens is 438 g/mol. The van der Waals surface area contributed by atoms with E-state index in [1.807, 2.05) is 30.3 Å². The average molecular weight is 458 g/mol. The van der Waals surface area contributed by atoms with E-state index in [4.69, 9.17) is 20.8 Å². The summed E-state index contributed by atoms with van der Waals surface area (Å²) in [5.41, 5.74) is 0.433. The molecule has 0 saturated heterocycles. The number of rotatable bonds is 8. The fraction of sp³-hybridized carbons (Fsp3) is 0.227. The minimum Gasteiger partial charge on any atom is -0.454 e. The van der Waals surface area contributed by atoms with E-state index in [1.165, 1.54) is 18.3 Å². The number of nitrogens with zero attached hydrogens (tertiary/aromatic N) is 2. The molecule has 9 nitrogen and oxygen atoms in total. The number of hydrogen-bond donors (Lipinski definition) is 1. The molecule has 1 unspecified atom stereocenters. The summed E-state index contributed by atoms with van der Waals surface area (Å²) in [6.45, 7) is 3.25. The van der Waals surface area contributed by atoms with E-state index in [0.717, 1.165) is 11.6 Å². The number of carbonyl (C=O) groups is 2. The van der Waals surface area contributed by atoms with E-state index < -0.39 is 28.5 Å². The van der Waals surface area contributed by atoms with Crippen LogP contribution in [0.3, 0.4) is 0 Å². The molecule has 1 atom stereocenters. The van der Waals surface area contributed by atoms with E-state index in [9.17, 15) is 19.7 Å². The van der Waals surface area contributed by atoms with Gasteiger partial charge in [-0.15, -0.1) is 0 Å². The maximum atomic E-state index is 12.6. The van der Waals surface area contributed by atoms with Gasteiger partial charge in [0.25, 0.3) is 11.6 Å². The maximum Gasteiger partial charge on any atom is 0.329 e. The highest BCUT2D eigenvalue weighted by Crippen LogP contribution is 2.25. The first kappa shape index (κ1) is 23.0. The summed E-state index contributed by atoms with van der Waals surface area (Å²) in [7, 11) is 0. The van der Waals surface area contributed by atoms with Crippen LogP contribution in [-0.2, 0) is 16.1 Å². The summed E-state index contributed by atoms with van der Waals surface area (Å²) in [5, 5.41) is 13.5. The molecule has 10 heteroatoms. The molecule has 3 aromatic rings. The molecule has 1 aromatic heterocycles. The fourth-order valence-electron chi connectivity index (χ4n) is 2.85. The highest BCUT2D eigenvalue weighted by atomic mass is 35.5. The summed E-state index contributed by atoms with van der Waals surface area (Å²) in [6.07, 6.45) is 1.54. The number of nitrogens with one attached hydrogen (secondary N) is 1. The number of amides is 1. The average Bonchev–Trinajstić information content (AvgIpc) is 3.25. The van der Waals surface area contributed by atoms with Crippen molar-refractivity contribution in [1.29, 1.82) is 0 Å². The van der Waals surface area contributed by atoms with Crippen LogP contribution < -0.4 is 5.32 Å². The number of nitro benzene ring substituents is 1. The maximum absolute atomic E-state index is 12.6. The highest BCUT2D eigenvalue weighted by Gasteiger charge is 2.27. The van der Waals surface area contributed by atoms with Crippen molar-refractivity contribution in [2.24, 2.45) is 5.92 Å². The summed E-state index contributed by atoms with van der Waals surface area (Å²) in [4.78, 5) is 39.6. The van der Waals surface area contributed by atoms with Crippen molar-refractivity contribution in [3.8, 4) is 11.3 Å². The zero-order valence-electron chi connectivity index (χ0n) is 17.3. The molecule has 1 amide bonds. The lowest BCUT2D eigenvalue weighted by molar-refractivity contribution is -0.384. The van der Waals surface area contributed by atoms with Gasteiger partial charge in [0.15, 0.2) is 12.4 Å². The van der Waals surface area contributed by atoms with Gasteiger partial charge in [-0.25, -0.2) is 9.78 Å². The van der Waals surface area contributed by atoms with Crippen molar-refractivity contribution in [3.05, 3.63) is 81.3 Å².